The van der Waals surface area contributed by atoms with Crippen molar-refractivity contribution in [2.24, 2.45) is 0 Å². The van der Waals surface area contributed by atoms with Crippen LogP contribution in [0.2, 0.25) is 0 Å². The number of hydrogen-bond donors (Lipinski definition) is 0. The van der Waals surface area contributed by atoms with Crippen LogP contribution in [0.3, 0.4) is 0 Å². The van der Waals surface area contributed by atoms with Gasteiger partial charge in [0.25, 0.3) is 5.91 Å². The molecular formula is C16H12FIN2O. The Hall–Kier alpha value is -1.94. The summed E-state index contributed by atoms with van der Waals surface area (Å²) in [6.45, 7) is 0.155. The fourth-order valence-electron chi connectivity index (χ4n) is 1.94. The lowest BCUT2D eigenvalue weighted by molar-refractivity contribution is 0.0986. The second-order valence-corrected chi connectivity index (χ2v) is 5.57. The predicted molar refractivity (Wildman–Crippen MR) is 87.5 cm³/mol. The molecule has 0 fully saturated rings. The third-order valence-electron chi connectivity index (χ3n) is 2.91. The molecule has 5 heteroatoms. The maximum atomic E-state index is 13.9. The lowest BCUT2D eigenvalue weighted by Crippen LogP contribution is -2.32. The van der Waals surface area contributed by atoms with E-state index in [9.17, 15) is 9.18 Å². The first-order valence-electron chi connectivity index (χ1n) is 6.32. The van der Waals surface area contributed by atoms with E-state index in [0.717, 1.165) is 3.57 Å². The molecule has 106 valence electrons. The molecule has 0 aromatic heterocycles. The van der Waals surface area contributed by atoms with Gasteiger partial charge in [0.1, 0.15) is 5.82 Å². The molecule has 0 unspecified atom stereocenters. The Bertz CT molecular complexity index is 697. The van der Waals surface area contributed by atoms with E-state index in [4.69, 9.17) is 5.26 Å². The van der Waals surface area contributed by atoms with E-state index in [0.29, 0.717) is 5.56 Å². The average Bonchev–Trinajstić information content (AvgIpc) is 2.49. The number of amides is 1. The quantitative estimate of drug-likeness (QED) is 0.737. The first kappa shape index (κ1) is 15.4. The molecule has 21 heavy (non-hydrogen) atoms. The van der Waals surface area contributed by atoms with E-state index >= 15 is 0 Å². The number of hydrogen-bond acceptors (Lipinski definition) is 2. The first-order chi connectivity index (χ1) is 10.1. The van der Waals surface area contributed by atoms with Crippen molar-refractivity contribution in [2.45, 2.75) is 6.42 Å². The zero-order valence-corrected chi connectivity index (χ0v) is 13.2. The van der Waals surface area contributed by atoms with Crippen LogP contribution >= 0.6 is 22.6 Å². The van der Waals surface area contributed by atoms with Gasteiger partial charge in [-0.25, -0.2) is 4.39 Å². The largest absolute Gasteiger partial charge is 0.304 e. The van der Waals surface area contributed by atoms with Gasteiger partial charge in [-0.2, -0.15) is 5.26 Å². The molecule has 0 saturated carbocycles. The minimum absolute atomic E-state index is 0.143. The van der Waals surface area contributed by atoms with Gasteiger partial charge < -0.3 is 4.90 Å². The first-order valence-corrected chi connectivity index (χ1v) is 7.40. The highest BCUT2D eigenvalue weighted by Crippen LogP contribution is 2.22. The van der Waals surface area contributed by atoms with Gasteiger partial charge in [-0.05, 0) is 52.9 Å². The molecule has 0 bridgehead atoms. The molecule has 2 aromatic carbocycles. The fraction of sp³-hybridized carbons (Fsp3) is 0.125. The van der Waals surface area contributed by atoms with Crippen molar-refractivity contribution in [3.05, 3.63) is 63.5 Å². The van der Waals surface area contributed by atoms with Gasteiger partial charge in [-0.1, -0.05) is 18.2 Å². The summed E-state index contributed by atoms with van der Waals surface area (Å²) in [5.74, 6) is -0.789. The number of nitrogens with zero attached hydrogens (tertiary/aromatic N) is 2. The van der Waals surface area contributed by atoms with Crippen LogP contribution in [-0.2, 0) is 0 Å². The predicted octanol–water partition coefficient (Wildman–Crippen LogP) is 3.99. The minimum Gasteiger partial charge on any atom is -0.304 e. The van der Waals surface area contributed by atoms with E-state index in [1.807, 2.05) is 12.1 Å². The molecule has 2 rings (SSSR count). The molecule has 0 radical (unpaired) electrons. The number of anilines is 1. The van der Waals surface area contributed by atoms with Crippen molar-refractivity contribution in [1.29, 1.82) is 5.26 Å². The topological polar surface area (TPSA) is 44.1 Å². The van der Waals surface area contributed by atoms with Crippen molar-refractivity contribution < 1.29 is 9.18 Å². The Morgan fingerprint density at radius 2 is 2.00 bits per heavy atom. The highest BCUT2D eigenvalue weighted by Gasteiger charge is 2.20. The lowest BCUT2D eigenvalue weighted by Gasteiger charge is -2.22. The summed E-state index contributed by atoms with van der Waals surface area (Å²) in [7, 11) is 0. The molecule has 0 N–H and O–H groups in total. The van der Waals surface area contributed by atoms with Gasteiger partial charge in [-0.15, -0.1) is 0 Å². The normalized spacial score (nSPS) is 9.95. The smallest absolute Gasteiger partial charge is 0.258 e. The summed E-state index contributed by atoms with van der Waals surface area (Å²) in [5.41, 5.74) is 0.666. The van der Waals surface area contributed by atoms with Gasteiger partial charge in [0.2, 0.25) is 0 Å². The summed E-state index contributed by atoms with van der Waals surface area (Å²) in [5, 5.41) is 8.74. The van der Waals surface area contributed by atoms with Gasteiger partial charge in [-0.3, -0.25) is 4.79 Å². The van der Waals surface area contributed by atoms with E-state index in [1.165, 1.54) is 11.0 Å². The monoisotopic (exact) mass is 394 g/mol. The molecule has 1 amide bonds. The summed E-state index contributed by atoms with van der Waals surface area (Å²) < 4.78 is 14.9. The van der Waals surface area contributed by atoms with Crippen LogP contribution in [0.25, 0.3) is 0 Å². The van der Waals surface area contributed by atoms with Crippen LogP contribution in [0.4, 0.5) is 10.1 Å². The zero-order valence-electron chi connectivity index (χ0n) is 11.1. The van der Waals surface area contributed by atoms with Crippen LogP contribution in [0.1, 0.15) is 16.8 Å². The van der Waals surface area contributed by atoms with Crippen LogP contribution < -0.4 is 4.90 Å². The molecule has 0 aliphatic heterocycles. The number of para-hydroxylation sites is 1. The molecular weight excluding hydrogens is 382 g/mol. The maximum absolute atomic E-state index is 13.9. The maximum Gasteiger partial charge on any atom is 0.258 e. The van der Waals surface area contributed by atoms with Crippen LogP contribution in [0, 0.1) is 20.7 Å². The van der Waals surface area contributed by atoms with Gasteiger partial charge in [0, 0.05) is 15.7 Å². The standard InChI is InChI=1S/C16H12FIN2O/c17-14-7-1-2-8-15(14)20(10-4-9-19)16(21)12-5-3-6-13(18)11-12/h1-3,5-8,11H,4,10H2. The molecule has 0 heterocycles. The molecule has 0 spiro atoms. The molecule has 3 nitrogen and oxygen atoms in total. The molecule has 0 aliphatic carbocycles. The van der Waals surface area contributed by atoms with E-state index in [1.54, 1.807) is 36.4 Å². The SMILES string of the molecule is N#CCCN(C(=O)c1cccc(I)c1)c1ccccc1F. The number of halogens is 2. The molecule has 0 saturated heterocycles. The minimum atomic E-state index is -0.477. The van der Waals surface area contributed by atoms with Crippen LogP contribution in [-0.4, -0.2) is 12.5 Å². The molecule has 2 aromatic rings. The van der Waals surface area contributed by atoms with E-state index < -0.39 is 5.82 Å². The Labute approximate surface area is 136 Å². The van der Waals surface area contributed by atoms with Crippen molar-refractivity contribution in [3.8, 4) is 6.07 Å². The highest BCUT2D eigenvalue weighted by atomic mass is 127. The molecule has 0 aliphatic rings. The Balaban J connectivity index is 2.39. The second kappa shape index (κ2) is 7.18. The Morgan fingerprint density at radius 3 is 2.67 bits per heavy atom. The number of carbonyl (C=O) groups excluding carboxylic acids is 1. The van der Waals surface area contributed by atoms with Crippen molar-refractivity contribution in [2.75, 3.05) is 11.4 Å². The number of rotatable bonds is 4. The van der Waals surface area contributed by atoms with E-state index in [2.05, 4.69) is 22.6 Å². The van der Waals surface area contributed by atoms with Gasteiger partial charge in [0.05, 0.1) is 18.2 Å². The summed E-state index contributed by atoms with van der Waals surface area (Å²) in [6, 6.07) is 15.1. The number of carbonyl (C=O) groups is 1. The zero-order chi connectivity index (χ0) is 15.2. The average molecular weight is 394 g/mol. The van der Waals surface area contributed by atoms with E-state index in [-0.39, 0.29) is 24.6 Å². The number of nitriles is 1. The summed E-state index contributed by atoms with van der Waals surface area (Å²) in [4.78, 5) is 13.9. The van der Waals surface area contributed by atoms with Gasteiger partial charge >= 0.3 is 0 Å². The summed E-state index contributed by atoms with van der Waals surface area (Å²) in [6.07, 6.45) is 0.143. The number of benzene rings is 2. The molecule has 0 atom stereocenters. The van der Waals surface area contributed by atoms with Crippen molar-refractivity contribution in [1.82, 2.24) is 0 Å². The summed E-state index contributed by atoms with van der Waals surface area (Å²) >= 11 is 2.12. The van der Waals surface area contributed by atoms with Crippen molar-refractivity contribution >= 4 is 34.2 Å². The van der Waals surface area contributed by atoms with Crippen LogP contribution in [0.5, 0.6) is 0 Å². The highest BCUT2D eigenvalue weighted by molar-refractivity contribution is 14.1. The van der Waals surface area contributed by atoms with Gasteiger partial charge in [0.15, 0.2) is 0 Å². The fourth-order valence-corrected chi connectivity index (χ4v) is 2.48. The van der Waals surface area contributed by atoms with Crippen LogP contribution in [0.15, 0.2) is 48.5 Å². The lowest BCUT2D eigenvalue weighted by atomic mass is 10.1. The Kier molecular flexibility index (Phi) is 5.28. The van der Waals surface area contributed by atoms with Crippen molar-refractivity contribution in [3.63, 3.8) is 0 Å². The second-order valence-electron chi connectivity index (χ2n) is 4.33. The Morgan fingerprint density at radius 1 is 1.24 bits per heavy atom. The third kappa shape index (κ3) is 3.79. The third-order valence-corrected chi connectivity index (χ3v) is 3.58.